The molecule has 1 atom stereocenters. The standard InChI is InChI=1S/C13H15N3O3/c1-8(2)11(7-14)15-13(17)10-5-4-9(3)12(6-10)16(18)19/h4-6,8,11H,1-3H3,(H,15,17). The van der Waals surface area contributed by atoms with Gasteiger partial charge in [0.1, 0.15) is 6.04 Å². The van der Waals surface area contributed by atoms with Crippen molar-refractivity contribution in [1.29, 1.82) is 5.26 Å². The van der Waals surface area contributed by atoms with E-state index in [-0.39, 0.29) is 17.2 Å². The summed E-state index contributed by atoms with van der Waals surface area (Å²) in [4.78, 5) is 22.2. The summed E-state index contributed by atoms with van der Waals surface area (Å²) in [5, 5.41) is 22.3. The molecule has 0 heterocycles. The van der Waals surface area contributed by atoms with Gasteiger partial charge in [-0.05, 0) is 18.9 Å². The summed E-state index contributed by atoms with van der Waals surface area (Å²) < 4.78 is 0. The quantitative estimate of drug-likeness (QED) is 0.663. The number of nitro benzene ring substituents is 1. The van der Waals surface area contributed by atoms with Gasteiger partial charge in [-0.2, -0.15) is 5.26 Å². The Hall–Kier alpha value is -2.42. The second-order valence-corrected chi connectivity index (χ2v) is 4.58. The van der Waals surface area contributed by atoms with Gasteiger partial charge in [-0.15, -0.1) is 0 Å². The number of nitriles is 1. The van der Waals surface area contributed by atoms with Crippen LogP contribution in [0.5, 0.6) is 0 Å². The molecule has 0 saturated heterocycles. The second-order valence-electron chi connectivity index (χ2n) is 4.58. The molecule has 0 fully saturated rings. The van der Waals surface area contributed by atoms with Crippen molar-refractivity contribution in [3.63, 3.8) is 0 Å². The van der Waals surface area contributed by atoms with Crippen LogP contribution in [0, 0.1) is 34.3 Å². The van der Waals surface area contributed by atoms with E-state index in [1.807, 2.05) is 19.9 Å². The largest absolute Gasteiger partial charge is 0.336 e. The molecule has 0 radical (unpaired) electrons. The Bertz CT molecular complexity index is 547. The van der Waals surface area contributed by atoms with Gasteiger partial charge in [0.25, 0.3) is 11.6 Å². The number of nitro groups is 1. The predicted molar refractivity (Wildman–Crippen MR) is 69.5 cm³/mol. The summed E-state index contributed by atoms with van der Waals surface area (Å²) in [7, 11) is 0. The lowest BCUT2D eigenvalue weighted by Gasteiger charge is -2.14. The highest BCUT2D eigenvalue weighted by Gasteiger charge is 2.19. The number of nitrogens with zero attached hydrogens (tertiary/aromatic N) is 2. The van der Waals surface area contributed by atoms with Gasteiger partial charge < -0.3 is 5.32 Å². The fourth-order valence-corrected chi connectivity index (χ4v) is 1.52. The van der Waals surface area contributed by atoms with Gasteiger partial charge in [-0.1, -0.05) is 19.9 Å². The molecule has 1 rings (SSSR count). The Kier molecular flexibility index (Phi) is 4.59. The Morgan fingerprint density at radius 2 is 2.11 bits per heavy atom. The number of carbonyl (C=O) groups is 1. The number of amides is 1. The molecule has 19 heavy (non-hydrogen) atoms. The number of hydrogen-bond donors (Lipinski definition) is 1. The van der Waals surface area contributed by atoms with Gasteiger partial charge in [0.05, 0.1) is 11.0 Å². The van der Waals surface area contributed by atoms with E-state index in [0.717, 1.165) is 0 Å². The van der Waals surface area contributed by atoms with E-state index in [9.17, 15) is 14.9 Å². The summed E-state index contributed by atoms with van der Waals surface area (Å²) in [5.41, 5.74) is 0.561. The normalized spacial score (nSPS) is 11.7. The summed E-state index contributed by atoms with van der Waals surface area (Å²) in [6.07, 6.45) is 0. The van der Waals surface area contributed by atoms with Crippen molar-refractivity contribution in [1.82, 2.24) is 5.32 Å². The first-order valence-electron chi connectivity index (χ1n) is 5.82. The molecule has 1 amide bonds. The fraction of sp³-hybridized carbons (Fsp3) is 0.385. The molecule has 1 aromatic carbocycles. The monoisotopic (exact) mass is 261 g/mol. The first-order chi connectivity index (χ1) is 8.86. The zero-order chi connectivity index (χ0) is 14.6. The highest BCUT2D eigenvalue weighted by Crippen LogP contribution is 2.19. The molecule has 0 aromatic heterocycles. The van der Waals surface area contributed by atoms with Crippen LogP contribution in [-0.2, 0) is 0 Å². The molecule has 0 aliphatic rings. The van der Waals surface area contributed by atoms with Crippen molar-refractivity contribution in [3.8, 4) is 6.07 Å². The van der Waals surface area contributed by atoms with E-state index >= 15 is 0 Å². The highest BCUT2D eigenvalue weighted by molar-refractivity contribution is 5.95. The van der Waals surface area contributed by atoms with E-state index in [4.69, 9.17) is 5.26 Å². The highest BCUT2D eigenvalue weighted by atomic mass is 16.6. The van der Waals surface area contributed by atoms with Gasteiger partial charge in [-0.25, -0.2) is 0 Å². The number of hydrogen-bond acceptors (Lipinski definition) is 4. The maximum atomic E-state index is 11.9. The molecule has 0 saturated carbocycles. The first kappa shape index (κ1) is 14.6. The molecule has 6 heteroatoms. The summed E-state index contributed by atoms with van der Waals surface area (Å²) in [6, 6.07) is 5.61. The zero-order valence-corrected chi connectivity index (χ0v) is 11.0. The lowest BCUT2D eigenvalue weighted by molar-refractivity contribution is -0.385. The summed E-state index contributed by atoms with van der Waals surface area (Å²) in [6.45, 7) is 5.23. The first-order valence-corrected chi connectivity index (χ1v) is 5.82. The maximum Gasteiger partial charge on any atom is 0.273 e. The third kappa shape index (κ3) is 3.52. The second kappa shape index (κ2) is 5.96. The maximum absolute atomic E-state index is 11.9. The Balaban J connectivity index is 2.98. The third-order valence-corrected chi connectivity index (χ3v) is 2.76. The number of benzene rings is 1. The van der Waals surface area contributed by atoms with Crippen LogP contribution in [-0.4, -0.2) is 16.9 Å². The molecular formula is C13H15N3O3. The van der Waals surface area contributed by atoms with Crippen molar-refractivity contribution in [2.75, 3.05) is 0 Å². The van der Waals surface area contributed by atoms with Crippen molar-refractivity contribution in [2.45, 2.75) is 26.8 Å². The fourth-order valence-electron chi connectivity index (χ4n) is 1.52. The minimum Gasteiger partial charge on any atom is -0.336 e. The van der Waals surface area contributed by atoms with Crippen molar-refractivity contribution in [2.24, 2.45) is 5.92 Å². The van der Waals surface area contributed by atoms with Crippen molar-refractivity contribution in [3.05, 3.63) is 39.4 Å². The van der Waals surface area contributed by atoms with E-state index in [1.54, 1.807) is 6.92 Å². The Morgan fingerprint density at radius 3 is 2.58 bits per heavy atom. The molecule has 1 unspecified atom stereocenters. The lowest BCUT2D eigenvalue weighted by Crippen LogP contribution is -2.37. The molecule has 0 aliphatic carbocycles. The third-order valence-electron chi connectivity index (χ3n) is 2.76. The number of rotatable bonds is 4. The van der Waals surface area contributed by atoms with E-state index in [0.29, 0.717) is 5.56 Å². The van der Waals surface area contributed by atoms with E-state index < -0.39 is 16.9 Å². The van der Waals surface area contributed by atoms with Crippen LogP contribution < -0.4 is 5.32 Å². The lowest BCUT2D eigenvalue weighted by atomic mass is 10.0. The van der Waals surface area contributed by atoms with Gasteiger partial charge in [-0.3, -0.25) is 14.9 Å². The molecule has 0 aliphatic heterocycles. The molecule has 1 N–H and O–H groups in total. The molecule has 100 valence electrons. The Morgan fingerprint density at radius 1 is 1.47 bits per heavy atom. The van der Waals surface area contributed by atoms with E-state index in [1.165, 1.54) is 18.2 Å². The van der Waals surface area contributed by atoms with Gasteiger partial charge in [0.2, 0.25) is 0 Å². The number of aryl methyl sites for hydroxylation is 1. The average Bonchev–Trinajstić information content (AvgIpc) is 2.35. The molecule has 0 bridgehead atoms. The smallest absolute Gasteiger partial charge is 0.273 e. The molecular weight excluding hydrogens is 246 g/mol. The minimum absolute atomic E-state index is 0.0330. The zero-order valence-electron chi connectivity index (χ0n) is 11.0. The van der Waals surface area contributed by atoms with Gasteiger partial charge >= 0.3 is 0 Å². The van der Waals surface area contributed by atoms with Crippen LogP contribution >= 0.6 is 0 Å². The number of carbonyl (C=O) groups excluding carboxylic acids is 1. The van der Waals surface area contributed by atoms with Crippen LogP contribution in [0.2, 0.25) is 0 Å². The van der Waals surface area contributed by atoms with Crippen LogP contribution in [0.1, 0.15) is 29.8 Å². The van der Waals surface area contributed by atoms with Crippen LogP contribution in [0.15, 0.2) is 18.2 Å². The van der Waals surface area contributed by atoms with Crippen molar-refractivity contribution >= 4 is 11.6 Å². The summed E-state index contributed by atoms with van der Waals surface area (Å²) in [5.74, 6) is -0.516. The molecule has 6 nitrogen and oxygen atoms in total. The number of nitrogens with one attached hydrogen (secondary N) is 1. The minimum atomic E-state index is -0.618. The average molecular weight is 261 g/mol. The van der Waals surface area contributed by atoms with Crippen LogP contribution in [0.4, 0.5) is 5.69 Å². The summed E-state index contributed by atoms with van der Waals surface area (Å²) >= 11 is 0. The SMILES string of the molecule is Cc1ccc(C(=O)NC(C#N)C(C)C)cc1[N+](=O)[O-]. The Labute approximate surface area is 111 Å². The topological polar surface area (TPSA) is 96.0 Å². The van der Waals surface area contributed by atoms with Crippen LogP contribution in [0.25, 0.3) is 0 Å². The van der Waals surface area contributed by atoms with Crippen molar-refractivity contribution < 1.29 is 9.72 Å². The van der Waals surface area contributed by atoms with E-state index in [2.05, 4.69) is 5.32 Å². The van der Waals surface area contributed by atoms with Gasteiger partial charge in [0, 0.05) is 17.2 Å². The molecule has 0 spiro atoms. The van der Waals surface area contributed by atoms with Crippen LogP contribution in [0.3, 0.4) is 0 Å². The van der Waals surface area contributed by atoms with Gasteiger partial charge in [0.15, 0.2) is 0 Å². The molecule has 1 aromatic rings. The predicted octanol–water partition coefficient (Wildman–Crippen LogP) is 2.18.